The van der Waals surface area contributed by atoms with E-state index in [1.807, 2.05) is 31.3 Å². The van der Waals surface area contributed by atoms with Gasteiger partial charge in [0.2, 0.25) is 0 Å². The molecule has 3 N–H and O–H groups in total. The first-order chi connectivity index (χ1) is 14.5. The van der Waals surface area contributed by atoms with E-state index in [0.29, 0.717) is 18.1 Å². The Morgan fingerprint density at radius 3 is 2.32 bits per heavy atom. The number of likely N-dealkylation sites (tertiary alicyclic amines) is 1. The molecule has 2 fully saturated rings. The minimum Gasteiger partial charge on any atom is -0.484 e. The van der Waals surface area contributed by atoms with Crippen molar-refractivity contribution in [1.82, 2.24) is 20.9 Å². The number of hydrogen-bond acceptors (Lipinski definition) is 4. The molecule has 31 heavy (non-hydrogen) atoms. The van der Waals surface area contributed by atoms with Crippen LogP contribution in [0.2, 0.25) is 0 Å². The van der Waals surface area contributed by atoms with E-state index < -0.39 is 0 Å². The number of nitrogens with one attached hydrogen (secondary N) is 3. The van der Waals surface area contributed by atoms with Gasteiger partial charge in [-0.05, 0) is 63.6 Å². The maximum Gasteiger partial charge on any atom is 0.258 e. The predicted octanol–water partition coefficient (Wildman–Crippen LogP) is 2.54. The lowest BCUT2D eigenvalue weighted by Gasteiger charge is -2.35. The molecule has 0 spiro atoms. The summed E-state index contributed by atoms with van der Waals surface area (Å²) in [4.78, 5) is 18.6. The average Bonchev–Trinajstić information content (AvgIpc) is 3.56. The zero-order valence-electron chi connectivity index (χ0n) is 19.0. The van der Waals surface area contributed by atoms with E-state index in [2.05, 4.69) is 39.7 Å². The number of piperidine rings is 1. The summed E-state index contributed by atoms with van der Waals surface area (Å²) in [6, 6.07) is 9.43. The van der Waals surface area contributed by atoms with Crippen molar-refractivity contribution in [1.29, 1.82) is 0 Å². The summed E-state index contributed by atoms with van der Waals surface area (Å²) in [5, 5.41) is 9.90. The summed E-state index contributed by atoms with van der Waals surface area (Å²) in [6.07, 6.45) is 5.38. The number of carbonyl (C=O) groups is 1. The Balaban J connectivity index is 0.00000341. The van der Waals surface area contributed by atoms with Gasteiger partial charge in [-0.15, -0.1) is 24.0 Å². The van der Waals surface area contributed by atoms with Gasteiger partial charge in [-0.3, -0.25) is 9.79 Å². The summed E-state index contributed by atoms with van der Waals surface area (Å²) in [5.41, 5.74) is 1.22. The molecular formula is C23H38IN5O2. The smallest absolute Gasteiger partial charge is 0.258 e. The first-order valence-corrected chi connectivity index (χ1v) is 11.3. The summed E-state index contributed by atoms with van der Waals surface area (Å²) < 4.78 is 5.56. The molecule has 3 rings (SSSR count). The molecule has 1 aliphatic carbocycles. The number of carbonyl (C=O) groups excluding carboxylic acids is 1. The van der Waals surface area contributed by atoms with Crippen molar-refractivity contribution >= 4 is 35.8 Å². The molecule has 0 radical (unpaired) electrons. The van der Waals surface area contributed by atoms with Gasteiger partial charge in [0.1, 0.15) is 5.75 Å². The largest absolute Gasteiger partial charge is 0.484 e. The lowest BCUT2D eigenvalue weighted by Crippen LogP contribution is -2.50. The highest BCUT2D eigenvalue weighted by molar-refractivity contribution is 14.0. The standard InChI is InChI=1S/C23H37N5O2.HI/c1-17(2)28-14-11-20(12-15-28)27-23(24-3)25-13-10-18-4-8-21(9-5-18)30-16-22(29)26-19-6-7-19;/h4-5,8-9,17,19-20H,6-7,10-16H2,1-3H3,(H,26,29)(H2,24,25,27);1H. The van der Waals surface area contributed by atoms with Crippen LogP contribution in [0.3, 0.4) is 0 Å². The SMILES string of the molecule is CN=C(NCCc1ccc(OCC(=O)NC2CC2)cc1)NC1CCN(C(C)C)CC1.I. The first-order valence-electron chi connectivity index (χ1n) is 11.3. The Labute approximate surface area is 203 Å². The molecule has 1 aromatic carbocycles. The third-order valence-electron chi connectivity index (χ3n) is 5.77. The minimum atomic E-state index is -0.0421. The van der Waals surface area contributed by atoms with E-state index >= 15 is 0 Å². The van der Waals surface area contributed by atoms with Crippen LogP contribution >= 0.6 is 24.0 Å². The van der Waals surface area contributed by atoms with Crippen LogP contribution in [0.4, 0.5) is 0 Å². The highest BCUT2D eigenvalue weighted by Crippen LogP contribution is 2.18. The molecule has 174 valence electrons. The maximum absolute atomic E-state index is 11.7. The van der Waals surface area contributed by atoms with Crippen molar-refractivity contribution in [3.63, 3.8) is 0 Å². The van der Waals surface area contributed by atoms with Gasteiger partial charge in [0.05, 0.1) is 0 Å². The fourth-order valence-corrected chi connectivity index (χ4v) is 3.67. The Morgan fingerprint density at radius 2 is 1.74 bits per heavy atom. The molecule has 1 aromatic rings. The Kier molecular flexibility index (Phi) is 10.9. The number of hydrogen-bond donors (Lipinski definition) is 3. The van der Waals surface area contributed by atoms with E-state index in [1.54, 1.807) is 0 Å². The second-order valence-corrected chi connectivity index (χ2v) is 8.57. The highest BCUT2D eigenvalue weighted by Gasteiger charge is 2.23. The minimum absolute atomic E-state index is 0. The summed E-state index contributed by atoms with van der Waals surface area (Å²) in [7, 11) is 1.82. The number of halogens is 1. The van der Waals surface area contributed by atoms with E-state index in [0.717, 1.165) is 63.4 Å². The van der Waals surface area contributed by atoms with Crippen LogP contribution in [-0.2, 0) is 11.2 Å². The lowest BCUT2D eigenvalue weighted by molar-refractivity contribution is -0.123. The van der Waals surface area contributed by atoms with Gasteiger partial charge in [0, 0.05) is 44.8 Å². The van der Waals surface area contributed by atoms with Gasteiger partial charge in [-0.25, -0.2) is 0 Å². The number of aliphatic imine (C=N–C) groups is 1. The molecule has 1 saturated heterocycles. The molecule has 1 aliphatic heterocycles. The molecule has 1 saturated carbocycles. The van der Waals surface area contributed by atoms with Crippen molar-refractivity contribution in [2.24, 2.45) is 4.99 Å². The zero-order valence-corrected chi connectivity index (χ0v) is 21.4. The van der Waals surface area contributed by atoms with Gasteiger partial charge in [-0.2, -0.15) is 0 Å². The van der Waals surface area contributed by atoms with Crippen LogP contribution in [0.1, 0.15) is 45.1 Å². The molecule has 0 unspecified atom stereocenters. The number of amides is 1. The third-order valence-corrected chi connectivity index (χ3v) is 5.77. The topological polar surface area (TPSA) is 78.0 Å². The van der Waals surface area contributed by atoms with Gasteiger partial charge in [0.15, 0.2) is 12.6 Å². The van der Waals surface area contributed by atoms with Crippen molar-refractivity contribution in [3.05, 3.63) is 29.8 Å². The fraction of sp³-hybridized carbons (Fsp3) is 0.652. The molecule has 2 aliphatic rings. The number of rotatable bonds is 9. The van der Waals surface area contributed by atoms with Gasteiger partial charge >= 0.3 is 0 Å². The van der Waals surface area contributed by atoms with Crippen LogP contribution < -0.4 is 20.7 Å². The number of ether oxygens (including phenoxy) is 1. The summed E-state index contributed by atoms with van der Waals surface area (Å²) in [6.45, 7) is 7.70. The number of guanidine groups is 1. The van der Waals surface area contributed by atoms with E-state index in [9.17, 15) is 4.79 Å². The summed E-state index contributed by atoms with van der Waals surface area (Å²) in [5.74, 6) is 1.56. The number of nitrogens with zero attached hydrogens (tertiary/aromatic N) is 2. The Hall–Kier alpha value is -1.55. The van der Waals surface area contributed by atoms with Crippen LogP contribution in [0.25, 0.3) is 0 Å². The van der Waals surface area contributed by atoms with Crippen LogP contribution in [0.15, 0.2) is 29.3 Å². The van der Waals surface area contributed by atoms with Crippen molar-refractivity contribution in [2.45, 2.75) is 64.1 Å². The van der Waals surface area contributed by atoms with Crippen LogP contribution in [0, 0.1) is 0 Å². The summed E-state index contributed by atoms with van der Waals surface area (Å²) >= 11 is 0. The molecule has 0 bridgehead atoms. The Morgan fingerprint density at radius 1 is 1.10 bits per heavy atom. The molecular weight excluding hydrogens is 505 g/mol. The maximum atomic E-state index is 11.7. The van der Waals surface area contributed by atoms with Gasteiger partial charge < -0.3 is 25.6 Å². The average molecular weight is 543 g/mol. The van der Waals surface area contributed by atoms with Crippen molar-refractivity contribution < 1.29 is 9.53 Å². The number of benzene rings is 1. The quantitative estimate of drug-likeness (QED) is 0.254. The fourth-order valence-electron chi connectivity index (χ4n) is 3.67. The molecule has 0 atom stereocenters. The molecule has 7 nitrogen and oxygen atoms in total. The molecule has 8 heteroatoms. The second kappa shape index (κ2) is 13.1. The monoisotopic (exact) mass is 543 g/mol. The van der Waals surface area contributed by atoms with Gasteiger partial charge in [0.25, 0.3) is 5.91 Å². The van der Waals surface area contributed by atoms with E-state index in [1.165, 1.54) is 5.56 Å². The van der Waals surface area contributed by atoms with E-state index in [-0.39, 0.29) is 36.5 Å². The highest BCUT2D eigenvalue weighted by atomic mass is 127. The van der Waals surface area contributed by atoms with E-state index in [4.69, 9.17) is 4.74 Å². The molecule has 0 aromatic heterocycles. The molecule has 1 amide bonds. The Bertz CT molecular complexity index is 698. The van der Waals surface area contributed by atoms with Crippen molar-refractivity contribution in [2.75, 3.05) is 33.3 Å². The molecule has 1 heterocycles. The lowest BCUT2D eigenvalue weighted by atomic mass is 10.0. The normalized spacial score (nSPS) is 17.7. The first kappa shape index (κ1) is 25.7. The third kappa shape index (κ3) is 9.22. The van der Waals surface area contributed by atoms with Crippen molar-refractivity contribution in [3.8, 4) is 5.75 Å². The second-order valence-electron chi connectivity index (χ2n) is 8.57. The van der Waals surface area contributed by atoms with Gasteiger partial charge in [-0.1, -0.05) is 12.1 Å². The van der Waals surface area contributed by atoms with Crippen LogP contribution in [-0.4, -0.2) is 68.2 Å². The zero-order chi connectivity index (χ0) is 21.3. The predicted molar refractivity (Wildman–Crippen MR) is 136 cm³/mol. The van der Waals surface area contributed by atoms with Crippen LogP contribution in [0.5, 0.6) is 5.75 Å².